The Morgan fingerprint density at radius 1 is 1.14 bits per heavy atom. The molecule has 10 heteroatoms. The van der Waals surface area contributed by atoms with Gasteiger partial charge in [-0.1, -0.05) is 0 Å². The number of nitrogens with one attached hydrogen (secondary N) is 1. The molecule has 0 aliphatic rings. The van der Waals surface area contributed by atoms with E-state index in [0.29, 0.717) is 28.3 Å². The number of benzene rings is 1. The van der Waals surface area contributed by atoms with Gasteiger partial charge in [0.2, 0.25) is 0 Å². The van der Waals surface area contributed by atoms with Crippen molar-refractivity contribution in [1.29, 1.82) is 0 Å². The van der Waals surface area contributed by atoms with Crippen molar-refractivity contribution in [1.82, 2.24) is 29.9 Å². The van der Waals surface area contributed by atoms with Crippen LogP contribution in [0.5, 0.6) is 0 Å². The minimum Gasteiger partial charge on any atom is -0.609 e. The van der Waals surface area contributed by atoms with Crippen LogP contribution < -0.4 is 5.56 Å². The van der Waals surface area contributed by atoms with E-state index >= 15 is 0 Å². The third-order valence-corrected chi connectivity index (χ3v) is 4.61. The van der Waals surface area contributed by atoms with Gasteiger partial charge in [0, 0.05) is 40.8 Å². The Morgan fingerprint density at radius 2 is 1.93 bits per heavy atom. The first-order chi connectivity index (χ1) is 13.5. The molecule has 1 unspecified atom stereocenters. The number of halogens is 1. The lowest BCUT2D eigenvalue weighted by atomic mass is 10.1. The molecule has 3 heterocycles. The zero-order chi connectivity index (χ0) is 19.7. The lowest BCUT2D eigenvalue weighted by Crippen LogP contribution is -2.09. The molecule has 4 rings (SSSR count). The van der Waals surface area contributed by atoms with Gasteiger partial charge in [-0.3, -0.25) is 4.79 Å². The van der Waals surface area contributed by atoms with Gasteiger partial charge < -0.3 is 4.55 Å². The second-order valence-corrected chi connectivity index (χ2v) is 7.07. The maximum atomic E-state index is 13.4. The van der Waals surface area contributed by atoms with Crippen LogP contribution in [0.15, 0.2) is 64.8 Å². The van der Waals surface area contributed by atoms with Crippen molar-refractivity contribution < 1.29 is 8.94 Å². The number of hydrogen-bond acceptors (Lipinski definition) is 6. The fourth-order valence-corrected chi connectivity index (χ4v) is 3.03. The molecule has 0 radical (unpaired) electrons. The standard InChI is InChI=1S/C18H13FN6O2S/c1-28(27)18-20-9-8-14(21-18)13-10-25(15-6-7-16(26)23-22-15)24-17(13)11-2-4-12(19)5-3-11/h2-10H,1H3,(H,23,26). The first-order valence-electron chi connectivity index (χ1n) is 8.10. The SMILES string of the molecule is C[S+]([O-])c1nccc(-c2cn(-c3ccc(=O)[nH]n3)nc2-c2ccc(F)cc2)n1. The summed E-state index contributed by atoms with van der Waals surface area (Å²) in [6, 6.07) is 10.4. The highest BCUT2D eigenvalue weighted by Gasteiger charge is 2.18. The lowest BCUT2D eigenvalue weighted by Gasteiger charge is -2.05. The largest absolute Gasteiger partial charge is 0.609 e. The molecule has 0 spiro atoms. The Bertz CT molecular complexity index is 1170. The molecule has 8 nitrogen and oxygen atoms in total. The van der Waals surface area contributed by atoms with E-state index < -0.39 is 11.2 Å². The second kappa shape index (κ2) is 7.33. The third kappa shape index (κ3) is 3.55. The Morgan fingerprint density at radius 3 is 2.61 bits per heavy atom. The summed E-state index contributed by atoms with van der Waals surface area (Å²) in [6.07, 6.45) is 4.70. The van der Waals surface area contributed by atoms with Gasteiger partial charge in [0.05, 0.1) is 5.69 Å². The molecule has 0 saturated carbocycles. The second-order valence-electron chi connectivity index (χ2n) is 5.80. The highest BCUT2D eigenvalue weighted by Crippen LogP contribution is 2.31. The maximum absolute atomic E-state index is 13.4. The number of nitrogens with zero attached hydrogens (tertiary/aromatic N) is 5. The van der Waals surface area contributed by atoms with Crippen LogP contribution >= 0.6 is 0 Å². The summed E-state index contributed by atoms with van der Waals surface area (Å²) in [7, 11) is 0. The van der Waals surface area contributed by atoms with Crippen LogP contribution in [0, 0.1) is 5.82 Å². The maximum Gasteiger partial charge on any atom is 0.342 e. The fourth-order valence-electron chi connectivity index (χ4n) is 2.59. The summed E-state index contributed by atoms with van der Waals surface area (Å²) >= 11 is -1.35. The van der Waals surface area contributed by atoms with E-state index in [0.717, 1.165) is 0 Å². The van der Waals surface area contributed by atoms with Crippen LogP contribution in [-0.2, 0) is 11.2 Å². The molecule has 1 aromatic carbocycles. The van der Waals surface area contributed by atoms with Crippen LogP contribution in [0.25, 0.3) is 28.3 Å². The van der Waals surface area contributed by atoms with Crippen molar-refractivity contribution in [2.45, 2.75) is 5.16 Å². The predicted octanol–water partition coefficient (Wildman–Crippen LogP) is 1.96. The quantitative estimate of drug-likeness (QED) is 0.417. The van der Waals surface area contributed by atoms with E-state index in [1.165, 1.54) is 41.4 Å². The van der Waals surface area contributed by atoms with Crippen molar-refractivity contribution in [2.24, 2.45) is 0 Å². The van der Waals surface area contributed by atoms with Gasteiger partial charge in [-0.25, -0.2) is 14.2 Å². The van der Waals surface area contributed by atoms with E-state index in [9.17, 15) is 13.7 Å². The number of aromatic nitrogens is 6. The van der Waals surface area contributed by atoms with Gasteiger partial charge in [0.15, 0.2) is 5.82 Å². The summed E-state index contributed by atoms with van der Waals surface area (Å²) in [6.45, 7) is 0. The molecule has 0 fully saturated rings. The predicted molar refractivity (Wildman–Crippen MR) is 101 cm³/mol. The van der Waals surface area contributed by atoms with Crippen LogP contribution in [0.2, 0.25) is 0 Å². The van der Waals surface area contributed by atoms with E-state index in [2.05, 4.69) is 25.3 Å². The van der Waals surface area contributed by atoms with Gasteiger partial charge in [-0.05, 0) is 36.4 Å². The van der Waals surface area contributed by atoms with Crippen LogP contribution in [0.4, 0.5) is 4.39 Å². The van der Waals surface area contributed by atoms with E-state index in [1.807, 2.05) is 0 Å². The Hall–Kier alpha value is -3.37. The Labute approximate surface area is 161 Å². The topological polar surface area (TPSA) is 112 Å². The Kier molecular flexibility index (Phi) is 4.72. The molecule has 0 aliphatic heterocycles. The number of H-pyrrole nitrogens is 1. The van der Waals surface area contributed by atoms with Crippen molar-refractivity contribution >= 4 is 11.2 Å². The van der Waals surface area contributed by atoms with E-state index in [4.69, 9.17) is 0 Å². The monoisotopic (exact) mass is 396 g/mol. The minimum absolute atomic E-state index is 0.192. The molecule has 3 aromatic heterocycles. The van der Waals surface area contributed by atoms with E-state index in [1.54, 1.807) is 24.4 Å². The van der Waals surface area contributed by atoms with Gasteiger partial charge in [0.1, 0.15) is 17.8 Å². The van der Waals surface area contributed by atoms with Crippen LogP contribution in [-0.4, -0.2) is 40.8 Å². The molecule has 4 aromatic rings. The molecule has 140 valence electrons. The highest BCUT2D eigenvalue weighted by molar-refractivity contribution is 7.90. The summed E-state index contributed by atoms with van der Waals surface area (Å²) in [5.74, 6) is 0.0281. The molecular weight excluding hydrogens is 383 g/mol. The zero-order valence-electron chi connectivity index (χ0n) is 14.5. The third-order valence-electron chi connectivity index (χ3n) is 3.90. The summed E-state index contributed by atoms with van der Waals surface area (Å²) in [5.41, 5.74) is 1.99. The van der Waals surface area contributed by atoms with Crippen LogP contribution in [0.3, 0.4) is 0 Å². The molecule has 0 saturated heterocycles. The molecule has 0 aliphatic carbocycles. The van der Waals surface area contributed by atoms with Gasteiger partial charge in [-0.15, -0.1) is 0 Å². The molecular formula is C18H13FN6O2S. The number of aromatic amines is 1. The summed E-state index contributed by atoms with van der Waals surface area (Å²) in [4.78, 5) is 19.6. The summed E-state index contributed by atoms with van der Waals surface area (Å²) in [5, 5.41) is 11.1. The van der Waals surface area contributed by atoms with Crippen molar-refractivity contribution in [3.05, 3.63) is 71.0 Å². The van der Waals surface area contributed by atoms with Gasteiger partial charge in [-0.2, -0.15) is 20.2 Å². The Balaban J connectivity index is 1.90. The molecule has 1 atom stereocenters. The van der Waals surface area contributed by atoms with Crippen LogP contribution in [0.1, 0.15) is 0 Å². The number of hydrogen-bond donors (Lipinski definition) is 1. The smallest absolute Gasteiger partial charge is 0.342 e. The van der Waals surface area contributed by atoms with Crippen molar-refractivity contribution in [3.8, 4) is 28.3 Å². The normalized spacial score (nSPS) is 12.1. The first kappa shape index (κ1) is 18.0. The molecule has 1 N–H and O–H groups in total. The summed E-state index contributed by atoms with van der Waals surface area (Å²) < 4.78 is 26.6. The first-order valence-corrected chi connectivity index (χ1v) is 9.65. The molecule has 0 bridgehead atoms. The van der Waals surface area contributed by atoms with E-state index in [-0.39, 0.29) is 16.5 Å². The zero-order valence-corrected chi connectivity index (χ0v) is 15.4. The van der Waals surface area contributed by atoms with Crippen molar-refractivity contribution in [3.63, 3.8) is 0 Å². The molecule has 28 heavy (non-hydrogen) atoms. The lowest BCUT2D eigenvalue weighted by molar-refractivity contribution is 0.592. The average Bonchev–Trinajstić information content (AvgIpc) is 3.14. The average molecular weight is 396 g/mol. The minimum atomic E-state index is -1.35. The van der Waals surface area contributed by atoms with Gasteiger partial charge >= 0.3 is 5.16 Å². The van der Waals surface area contributed by atoms with Gasteiger partial charge in [0.25, 0.3) is 5.56 Å². The highest BCUT2D eigenvalue weighted by atomic mass is 32.2. The number of rotatable bonds is 4. The molecule has 0 amide bonds. The van der Waals surface area contributed by atoms with Crippen molar-refractivity contribution in [2.75, 3.05) is 6.26 Å². The fraction of sp³-hybridized carbons (Fsp3) is 0.0556.